The van der Waals surface area contributed by atoms with E-state index in [4.69, 9.17) is 0 Å². The van der Waals surface area contributed by atoms with Gasteiger partial charge in [-0.1, -0.05) is 6.42 Å². The second-order valence-corrected chi connectivity index (χ2v) is 6.26. The third kappa shape index (κ3) is 3.03. The molecule has 1 N–H and O–H groups in total. The van der Waals surface area contributed by atoms with E-state index in [-0.39, 0.29) is 5.91 Å². The maximum Gasteiger partial charge on any atom is 0.267 e. The summed E-state index contributed by atoms with van der Waals surface area (Å²) in [4.78, 5) is 18.7. The Morgan fingerprint density at radius 3 is 2.87 bits per heavy atom. The van der Waals surface area contributed by atoms with Crippen molar-refractivity contribution in [2.75, 3.05) is 13.6 Å². The molecule has 2 aromatic heterocycles. The molecule has 0 radical (unpaired) electrons. The lowest BCUT2D eigenvalue weighted by molar-refractivity contribution is 0.0952. The van der Waals surface area contributed by atoms with Crippen molar-refractivity contribution in [3.8, 4) is 0 Å². The highest BCUT2D eigenvalue weighted by Gasteiger charge is 2.27. The van der Waals surface area contributed by atoms with Crippen LogP contribution in [0.1, 0.15) is 47.2 Å². The van der Waals surface area contributed by atoms with Crippen LogP contribution >= 0.6 is 0 Å². The number of imidazole rings is 1. The van der Waals surface area contributed by atoms with Gasteiger partial charge in [-0.3, -0.25) is 9.69 Å². The molecule has 124 valence electrons. The quantitative estimate of drug-likeness (QED) is 0.937. The lowest BCUT2D eigenvalue weighted by atomic mass is 9.99. The molecule has 0 bridgehead atoms. The zero-order chi connectivity index (χ0) is 16.4. The van der Waals surface area contributed by atoms with Crippen LogP contribution in [0.15, 0.2) is 24.7 Å². The summed E-state index contributed by atoms with van der Waals surface area (Å²) < 4.78 is 4.11. The number of rotatable bonds is 4. The molecule has 1 aliphatic heterocycles. The second kappa shape index (κ2) is 6.58. The molecular formula is C17H25N5O. The molecule has 1 saturated heterocycles. The Bertz CT molecular complexity index is 687. The molecule has 23 heavy (non-hydrogen) atoms. The number of nitrogens with zero attached hydrogens (tertiary/aromatic N) is 4. The lowest BCUT2D eigenvalue weighted by Gasteiger charge is -2.36. The Balaban J connectivity index is 1.85. The van der Waals surface area contributed by atoms with E-state index in [1.807, 2.05) is 37.3 Å². The third-order valence-electron chi connectivity index (χ3n) is 4.86. The van der Waals surface area contributed by atoms with Gasteiger partial charge in [0.2, 0.25) is 0 Å². The number of aromatic nitrogens is 3. The predicted octanol–water partition coefficient (Wildman–Crippen LogP) is 1.85. The van der Waals surface area contributed by atoms with Crippen LogP contribution in [-0.2, 0) is 20.6 Å². The average molecular weight is 315 g/mol. The van der Waals surface area contributed by atoms with Crippen molar-refractivity contribution in [2.45, 2.75) is 31.8 Å². The maximum absolute atomic E-state index is 12.0. The van der Waals surface area contributed by atoms with Crippen molar-refractivity contribution < 1.29 is 4.79 Å². The molecule has 0 spiro atoms. The maximum atomic E-state index is 12.0. The smallest absolute Gasteiger partial charge is 0.267 e. The fraction of sp³-hybridized carbons (Fsp3) is 0.529. The largest absolute Gasteiger partial charge is 0.354 e. The van der Waals surface area contributed by atoms with Crippen molar-refractivity contribution in [3.63, 3.8) is 0 Å². The van der Waals surface area contributed by atoms with Crippen LogP contribution in [0.4, 0.5) is 0 Å². The van der Waals surface area contributed by atoms with Gasteiger partial charge in [0.15, 0.2) is 0 Å². The van der Waals surface area contributed by atoms with Gasteiger partial charge in [-0.25, -0.2) is 4.98 Å². The minimum atomic E-state index is -0.0345. The highest BCUT2D eigenvalue weighted by atomic mass is 16.1. The van der Waals surface area contributed by atoms with E-state index in [1.54, 1.807) is 7.05 Å². The van der Waals surface area contributed by atoms with Gasteiger partial charge in [-0.15, -0.1) is 0 Å². The number of piperidine rings is 1. The Morgan fingerprint density at radius 2 is 2.17 bits per heavy atom. The van der Waals surface area contributed by atoms with E-state index in [2.05, 4.69) is 25.8 Å². The fourth-order valence-corrected chi connectivity index (χ4v) is 3.48. The van der Waals surface area contributed by atoms with E-state index in [0.717, 1.165) is 19.5 Å². The van der Waals surface area contributed by atoms with Gasteiger partial charge < -0.3 is 14.5 Å². The van der Waals surface area contributed by atoms with Gasteiger partial charge in [0.05, 0.1) is 18.1 Å². The van der Waals surface area contributed by atoms with Crippen molar-refractivity contribution >= 4 is 5.91 Å². The minimum absolute atomic E-state index is 0.0345. The lowest BCUT2D eigenvalue weighted by Crippen LogP contribution is -2.34. The van der Waals surface area contributed by atoms with Gasteiger partial charge >= 0.3 is 0 Å². The molecule has 0 saturated carbocycles. The molecule has 6 nitrogen and oxygen atoms in total. The summed E-state index contributed by atoms with van der Waals surface area (Å²) in [5.74, 6) is -0.0345. The topological polar surface area (TPSA) is 55.1 Å². The Morgan fingerprint density at radius 1 is 1.35 bits per heavy atom. The summed E-state index contributed by atoms with van der Waals surface area (Å²) in [5, 5.41) is 2.71. The van der Waals surface area contributed by atoms with E-state index >= 15 is 0 Å². The van der Waals surface area contributed by atoms with Crippen LogP contribution in [0, 0.1) is 0 Å². The molecule has 1 atom stereocenters. The standard InChI is InChI=1S/C17H25N5O/c1-18-17(23)16-8-7-14(21(16)3)15-6-4-5-9-22(15)11-13-10-19-12-20(13)2/h7-8,10,12,15H,4-6,9,11H2,1-3H3,(H,18,23). The van der Waals surface area contributed by atoms with E-state index in [9.17, 15) is 4.79 Å². The fourth-order valence-electron chi connectivity index (χ4n) is 3.48. The predicted molar refractivity (Wildman–Crippen MR) is 89.0 cm³/mol. The molecule has 0 aliphatic carbocycles. The van der Waals surface area contributed by atoms with Gasteiger partial charge in [0.1, 0.15) is 5.69 Å². The first kappa shape index (κ1) is 15.8. The average Bonchev–Trinajstić information content (AvgIpc) is 3.14. The van der Waals surface area contributed by atoms with Crippen LogP contribution in [0.3, 0.4) is 0 Å². The van der Waals surface area contributed by atoms with Crippen molar-refractivity contribution in [3.05, 3.63) is 41.7 Å². The Kier molecular flexibility index (Phi) is 4.52. The zero-order valence-electron chi connectivity index (χ0n) is 14.1. The molecule has 1 amide bonds. The summed E-state index contributed by atoms with van der Waals surface area (Å²) >= 11 is 0. The van der Waals surface area contributed by atoms with Crippen molar-refractivity contribution in [1.82, 2.24) is 24.3 Å². The highest BCUT2D eigenvalue weighted by molar-refractivity contribution is 5.92. The van der Waals surface area contributed by atoms with Gasteiger partial charge in [0, 0.05) is 39.6 Å². The monoisotopic (exact) mass is 315 g/mol. The highest BCUT2D eigenvalue weighted by Crippen LogP contribution is 2.32. The molecule has 6 heteroatoms. The first-order valence-electron chi connectivity index (χ1n) is 8.18. The summed E-state index contributed by atoms with van der Waals surface area (Å²) in [5.41, 5.74) is 3.15. The van der Waals surface area contributed by atoms with Crippen LogP contribution in [0.2, 0.25) is 0 Å². The Labute approximate surface area is 137 Å². The number of hydrogen-bond donors (Lipinski definition) is 1. The molecular weight excluding hydrogens is 290 g/mol. The van der Waals surface area contributed by atoms with Gasteiger partial charge in [-0.05, 0) is 31.5 Å². The number of carbonyl (C=O) groups excluding carboxylic acids is 1. The molecule has 3 rings (SSSR count). The first-order valence-corrected chi connectivity index (χ1v) is 8.18. The third-order valence-corrected chi connectivity index (χ3v) is 4.86. The summed E-state index contributed by atoms with van der Waals surface area (Å²) in [6.07, 6.45) is 7.37. The molecule has 2 aromatic rings. The number of amides is 1. The number of likely N-dealkylation sites (tertiary alicyclic amines) is 1. The van der Waals surface area contributed by atoms with Crippen LogP contribution in [0.5, 0.6) is 0 Å². The van der Waals surface area contributed by atoms with Crippen LogP contribution in [0.25, 0.3) is 0 Å². The molecule has 1 unspecified atom stereocenters. The van der Waals surface area contributed by atoms with Crippen molar-refractivity contribution in [1.29, 1.82) is 0 Å². The molecule has 0 aromatic carbocycles. The van der Waals surface area contributed by atoms with Gasteiger partial charge in [0.25, 0.3) is 5.91 Å². The molecule has 1 aliphatic rings. The zero-order valence-corrected chi connectivity index (χ0v) is 14.1. The number of aryl methyl sites for hydroxylation is 1. The number of carbonyl (C=O) groups is 1. The van der Waals surface area contributed by atoms with Crippen molar-refractivity contribution in [2.24, 2.45) is 14.1 Å². The number of nitrogens with one attached hydrogen (secondary N) is 1. The summed E-state index contributed by atoms with van der Waals surface area (Å²) in [6, 6.07) is 4.36. The van der Waals surface area contributed by atoms with Crippen LogP contribution in [-0.4, -0.2) is 38.5 Å². The normalized spacial score (nSPS) is 19.0. The van der Waals surface area contributed by atoms with E-state index in [0.29, 0.717) is 11.7 Å². The van der Waals surface area contributed by atoms with Crippen LogP contribution < -0.4 is 5.32 Å². The van der Waals surface area contributed by atoms with E-state index in [1.165, 1.54) is 24.2 Å². The number of hydrogen-bond acceptors (Lipinski definition) is 3. The Hall–Kier alpha value is -2.08. The SMILES string of the molecule is CNC(=O)c1ccc(C2CCCCN2Cc2cncn2C)n1C. The summed E-state index contributed by atoms with van der Waals surface area (Å²) in [6.45, 7) is 1.97. The van der Waals surface area contributed by atoms with E-state index < -0.39 is 0 Å². The summed E-state index contributed by atoms with van der Waals surface area (Å²) in [7, 11) is 5.69. The molecule has 3 heterocycles. The minimum Gasteiger partial charge on any atom is -0.354 e. The second-order valence-electron chi connectivity index (χ2n) is 6.26. The van der Waals surface area contributed by atoms with Gasteiger partial charge in [-0.2, -0.15) is 0 Å². The first-order chi connectivity index (χ1) is 11.1. The molecule has 1 fully saturated rings.